The number of esters is 6. The van der Waals surface area contributed by atoms with Crippen LogP contribution in [-0.4, -0.2) is 131 Å². The van der Waals surface area contributed by atoms with E-state index in [0.29, 0.717) is 19.6 Å². The van der Waals surface area contributed by atoms with E-state index in [1.807, 2.05) is 41.5 Å². The second-order valence-corrected chi connectivity index (χ2v) is 7.70. The fraction of sp³-hybridized carbons (Fsp3) is 0.812. The lowest BCUT2D eigenvalue weighted by molar-refractivity contribution is -0.147. The van der Waals surface area contributed by atoms with Gasteiger partial charge < -0.3 is 47.4 Å². The summed E-state index contributed by atoms with van der Waals surface area (Å²) < 4.78 is 44.3. The second-order valence-electron chi connectivity index (χ2n) is 7.70. The van der Waals surface area contributed by atoms with Crippen molar-refractivity contribution in [1.82, 2.24) is 0 Å². The van der Waals surface area contributed by atoms with Crippen LogP contribution in [0.5, 0.6) is 0 Å². The zero-order chi connectivity index (χ0) is 39.8. The number of hydrogen-bond acceptors (Lipinski definition) is 16. The van der Waals surface area contributed by atoms with Crippen molar-refractivity contribution in [2.24, 2.45) is 0 Å². The molecule has 16 heteroatoms. The summed E-state index contributed by atoms with van der Waals surface area (Å²) in [7, 11) is 9.50. The largest absolute Gasteiger partial charge is 0.469 e. The molecule has 0 atom stereocenters. The van der Waals surface area contributed by atoms with Gasteiger partial charge in [-0.15, -0.1) is 0 Å². The molecule has 0 fully saturated rings. The van der Waals surface area contributed by atoms with Crippen molar-refractivity contribution >= 4 is 35.8 Å². The smallest absolute Gasteiger partial charge is 0.331 e. The van der Waals surface area contributed by atoms with Crippen LogP contribution in [0, 0.1) is 0 Å². The van der Waals surface area contributed by atoms with E-state index in [0.717, 1.165) is 0 Å². The molecule has 0 aliphatic heterocycles. The van der Waals surface area contributed by atoms with Crippen molar-refractivity contribution in [2.45, 2.75) is 88.2 Å². The van der Waals surface area contributed by atoms with Gasteiger partial charge in [-0.1, -0.05) is 41.0 Å². The van der Waals surface area contributed by atoms with Crippen LogP contribution in [0.25, 0.3) is 0 Å². The molecular weight excluding hydrogens is 640 g/mol. The molecule has 0 aromatic carbocycles. The fourth-order valence-corrected chi connectivity index (χ4v) is 1.10. The van der Waals surface area contributed by atoms with Crippen molar-refractivity contribution in [3.05, 3.63) is 0 Å². The monoisotopic (exact) mass is 708 g/mol. The molecule has 0 aromatic heterocycles. The van der Waals surface area contributed by atoms with E-state index in [9.17, 15) is 28.8 Å². The Kier molecular flexibility index (Phi) is 82.5. The third kappa shape index (κ3) is 104. The number of hydrogen-bond donors (Lipinski definition) is 0. The van der Waals surface area contributed by atoms with Gasteiger partial charge in [0.2, 0.25) is 0 Å². The maximum atomic E-state index is 10.4. The number of carbonyl (C=O) groups is 6. The van der Waals surface area contributed by atoms with Crippen LogP contribution < -0.4 is 0 Å². The first-order chi connectivity index (χ1) is 22.6. The number of carbonyl (C=O) groups excluding carboxylic acids is 6. The van der Waals surface area contributed by atoms with Crippen LogP contribution in [-0.2, 0) is 76.1 Å². The molecular formula is C32H68O16. The van der Waals surface area contributed by atoms with E-state index < -0.39 is 0 Å². The molecule has 0 unspecified atom stereocenters. The Balaban J connectivity index is -0.0000000653. The van der Waals surface area contributed by atoms with Gasteiger partial charge in [0.25, 0.3) is 0 Å². The van der Waals surface area contributed by atoms with Crippen LogP contribution in [0.15, 0.2) is 0 Å². The summed E-state index contributed by atoms with van der Waals surface area (Å²) in [6.07, 6.45) is 1.81. The Labute approximate surface area is 289 Å². The van der Waals surface area contributed by atoms with Crippen molar-refractivity contribution in [1.29, 1.82) is 0 Å². The minimum atomic E-state index is -0.345. The van der Waals surface area contributed by atoms with Gasteiger partial charge in [-0.05, 0) is 27.7 Å². The molecule has 0 heterocycles. The van der Waals surface area contributed by atoms with Crippen LogP contribution in [0.2, 0.25) is 0 Å². The highest BCUT2D eigenvalue weighted by molar-refractivity contribution is 5.71. The summed E-state index contributed by atoms with van der Waals surface area (Å²) in [6.45, 7) is 20.1. The zero-order valence-corrected chi connectivity index (χ0v) is 32.8. The standard InChI is InChI=1S/C6H12O3.2C5H10O3.C4H8O3.C4H8O2.C3H6O2.C3H8.C2H6/c1-5(2)9-4-6(7)8-3;2*1-3-8-4-5(6)7-2;1-6-3-4(5)7-2;1-3-4(5)6-2;1-3(4)5-2;1-3-2;1-2/h5H,4H2,1-3H3;2*3-4H2,1-2H3;3H2,1-2H3;3H2,1-2H3;1-2H3;3H2,1-2H3;1-2H3. The first-order valence-corrected chi connectivity index (χ1v) is 15.2. The predicted octanol–water partition coefficient (Wildman–Crippen LogP) is 3.97. The Hall–Kier alpha value is -3.34. The van der Waals surface area contributed by atoms with Gasteiger partial charge in [0, 0.05) is 33.7 Å². The quantitative estimate of drug-likeness (QED) is 0.208. The van der Waals surface area contributed by atoms with Crippen molar-refractivity contribution < 1.29 is 76.1 Å². The van der Waals surface area contributed by atoms with Gasteiger partial charge in [0.05, 0.1) is 48.8 Å². The Bertz CT molecular complexity index is 657. The lowest BCUT2D eigenvalue weighted by atomic mass is 10.5. The molecule has 0 bridgehead atoms. The topological polar surface area (TPSA) is 195 Å². The minimum absolute atomic E-state index is 0.0382. The first kappa shape index (κ1) is 63.3. The molecule has 16 nitrogen and oxygen atoms in total. The summed E-state index contributed by atoms with van der Waals surface area (Å²) in [5.41, 5.74) is 0. The van der Waals surface area contributed by atoms with E-state index in [1.165, 1.54) is 63.1 Å². The summed E-state index contributed by atoms with van der Waals surface area (Å²) in [6, 6.07) is 0. The molecule has 292 valence electrons. The molecule has 0 aliphatic rings. The molecule has 0 saturated heterocycles. The van der Waals surface area contributed by atoms with Crippen LogP contribution in [0.3, 0.4) is 0 Å². The Morgan fingerprint density at radius 1 is 0.479 bits per heavy atom. The summed E-state index contributed by atoms with van der Waals surface area (Å²) in [5.74, 6) is -1.73. The van der Waals surface area contributed by atoms with Gasteiger partial charge in [-0.3, -0.25) is 9.59 Å². The maximum Gasteiger partial charge on any atom is 0.331 e. The molecule has 0 saturated carbocycles. The third-order valence-corrected chi connectivity index (χ3v) is 3.36. The van der Waals surface area contributed by atoms with E-state index >= 15 is 0 Å². The Morgan fingerprint density at radius 2 is 0.750 bits per heavy atom. The highest BCUT2D eigenvalue weighted by Gasteiger charge is 2.00. The van der Waals surface area contributed by atoms with Crippen molar-refractivity contribution in [3.63, 3.8) is 0 Å². The summed E-state index contributed by atoms with van der Waals surface area (Å²) >= 11 is 0. The molecule has 0 aromatic rings. The molecule has 0 aliphatic carbocycles. The predicted molar refractivity (Wildman–Crippen MR) is 181 cm³/mol. The van der Waals surface area contributed by atoms with E-state index in [4.69, 9.17) is 14.2 Å². The zero-order valence-electron chi connectivity index (χ0n) is 32.8. The highest BCUT2D eigenvalue weighted by atomic mass is 16.6. The summed E-state index contributed by atoms with van der Waals surface area (Å²) in [5, 5.41) is 0. The van der Waals surface area contributed by atoms with E-state index in [1.54, 1.807) is 6.92 Å². The minimum Gasteiger partial charge on any atom is -0.469 e. The fourth-order valence-electron chi connectivity index (χ4n) is 1.10. The number of methoxy groups -OCH3 is 7. The Morgan fingerprint density at radius 3 is 0.896 bits per heavy atom. The summed E-state index contributed by atoms with van der Waals surface area (Å²) in [4.78, 5) is 60.4. The van der Waals surface area contributed by atoms with Crippen molar-refractivity contribution in [3.8, 4) is 0 Å². The van der Waals surface area contributed by atoms with Gasteiger partial charge in [-0.2, -0.15) is 0 Å². The second kappa shape index (κ2) is 62.5. The lowest BCUT2D eigenvalue weighted by Gasteiger charge is -2.04. The van der Waals surface area contributed by atoms with Crippen molar-refractivity contribution in [2.75, 3.05) is 89.4 Å². The van der Waals surface area contributed by atoms with Crippen LogP contribution in [0.1, 0.15) is 82.1 Å². The van der Waals surface area contributed by atoms with Gasteiger partial charge >= 0.3 is 35.8 Å². The molecule has 48 heavy (non-hydrogen) atoms. The lowest BCUT2D eigenvalue weighted by Crippen LogP contribution is -2.14. The van der Waals surface area contributed by atoms with Gasteiger partial charge in [0.15, 0.2) is 0 Å². The first-order valence-electron chi connectivity index (χ1n) is 15.2. The maximum absolute atomic E-state index is 10.4. The molecule has 0 N–H and O–H groups in total. The molecule has 0 rings (SSSR count). The molecule has 0 spiro atoms. The average molecular weight is 709 g/mol. The number of rotatable bonds is 12. The van der Waals surface area contributed by atoms with Crippen LogP contribution >= 0.6 is 0 Å². The van der Waals surface area contributed by atoms with Gasteiger partial charge in [-0.25, -0.2) is 19.2 Å². The van der Waals surface area contributed by atoms with Crippen LogP contribution in [0.4, 0.5) is 0 Å². The molecule has 0 radical (unpaired) electrons. The van der Waals surface area contributed by atoms with E-state index in [2.05, 4.69) is 47.0 Å². The SMILES string of the molecule is CC.CCC.CCC(=O)OC.CCOCC(=O)OC.CCOCC(=O)OC.COC(=O)COC(C)C.COC(C)=O.COCC(=O)OC. The molecule has 0 amide bonds. The van der Waals surface area contributed by atoms with E-state index in [-0.39, 0.29) is 68.3 Å². The normalized spacial score (nSPS) is 8.12. The number of ether oxygens (including phenoxy) is 10. The average Bonchev–Trinajstić information content (AvgIpc) is 3.10. The highest BCUT2D eigenvalue weighted by Crippen LogP contribution is 1.87. The van der Waals surface area contributed by atoms with Gasteiger partial charge in [0.1, 0.15) is 26.4 Å². The third-order valence-electron chi connectivity index (χ3n) is 3.36.